The van der Waals surface area contributed by atoms with Crippen molar-refractivity contribution in [1.29, 1.82) is 0 Å². The normalized spacial score (nSPS) is 19.6. The lowest BCUT2D eigenvalue weighted by molar-refractivity contribution is -0.140. The molecule has 1 saturated heterocycles. The van der Waals surface area contributed by atoms with Crippen LogP contribution in [0.25, 0.3) is 16.4 Å². The molecule has 10 heteroatoms. The van der Waals surface area contributed by atoms with Crippen LogP contribution in [0, 0.1) is 23.4 Å². The van der Waals surface area contributed by atoms with E-state index in [-0.39, 0.29) is 30.4 Å². The molecule has 3 rings (SSSR count). The molecule has 190 valence electrons. The Balaban J connectivity index is 1.77. The van der Waals surface area contributed by atoms with Crippen molar-refractivity contribution in [3.8, 4) is 11.1 Å². The molecule has 1 heterocycles. The van der Waals surface area contributed by atoms with Crippen LogP contribution >= 0.6 is 0 Å². The second-order valence-corrected chi connectivity index (χ2v) is 8.95. The van der Waals surface area contributed by atoms with Gasteiger partial charge in [-0.2, -0.15) is 7.05 Å². The third-order valence-corrected chi connectivity index (χ3v) is 6.14. The average Bonchev–Trinajstić information content (AvgIpc) is 3.19. The van der Waals surface area contributed by atoms with Crippen molar-refractivity contribution in [1.82, 2.24) is 10.2 Å². The van der Waals surface area contributed by atoms with E-state index in [2.05, 4.69) is 10.6 Å². The number of carbonyl (C=O) groups excluding carboxylic acids is 2. The number of β-amino-alcohol motifs (C(OH)–C–C–N with tert-alkyl or cyclic N) is 1. The summed E-state index contributed by atoms with van der Waals surface area (Å²) in [7, 11) is 1.53. The van der Waals surface area contributed by atoms with Gasteiger partial charge in [0.15, 0.2) is 0 Å². The summed E-state index contributed by atoms with van der Waals surface area (Å²) in [6.07, 6.45) is -0.821. The Kier molecular flexibility index (Phi) is 8.52. The number of nitrogens with one attached hydrogen (secondary N) is 1. The van der Waals surface area contributed by atoms with Crippen LogP contribution in [0.1, 0.15) is 31.9 Å². The van der Waals surface area contributed by atoms with E-state index in [1.165, 1.54) is 36.2 Å². The number of likely N-dealkylation sites (N-methyl/N-ethyl adjacent to an activating group) is 1. The molecule has 0 bridgehead atoms. The average molecular weight is 493 g/mol. The van der Waals surface area contributed by atoms with E-state index in [4.69, 9.17) is 0 Å². The molecule has 3 N–H and O–H groups in total. The molecule has 2 aromatic rings. The second-order valence-electron chi connectivity index (χ2n) is 8.95. The lowest BCUT2D eigenvalue weighted by Crippen LogP contribution is -2.50. The minimum Gasteiger partial charge on any atom is -0.654 e. The third-order valence-electron chi connectivity index (χ3n) is 6.14. The van der Waals surface area contributed by atoms with E-state index in [9.17, 15) is 33.0 Å². The predicted octanol–water partition coefficient (Wildman–Crippen LogP) is 2.91. The number of halogens is 3. The Hall–Kier alpha value is -2.95. The topological polar surface area (TPSA) is 104 Å². The van der Waals surface area contributed by atoms with Crippen molar-refractivity contribution in [2.75, 3.05) is 20.2 Å². The summed E-state index contributed by atoms with van der Waals surface area (Å²) < 4.78 is 41.4. The minimum atomic E-state index is -1.05. The molecule has 1 aliphatic heterocycles. The van der Waals surface area contributed by atoms with Crippen molar-refractivity contribution in [3.63, 3.8) is 0 Å². The zero-order valence-corrected chi connectivity index (χ0v) is 19.7. The third kappa shape index (κ3) is 5.83. The highest BCUT2D eigenvalue weighted by atomic mass is 19.1. The molecule has 0 unspecified atom stereocenters. The Morgan fingerprint density at radius 3 is 2.26 bits per heavy atom. The monoisotopic (exact) mass is 492 g/mol. The summed E-state index contributed by atoms with van der Waals surface area (Å²) in [5, 5.41) is 26.8. The molecule has 35 heavy (non-hydrogen) atoms. The first-order chi connectivity index (χ1) is 16.6. The number of benzene rings is 2. The van der Waals surface area contributed by atoms with E-state index in [1.54, 1.807) is 0 Å². The predicted molar refractivity (Wildman–Crippen MR) is 124 cm³/mol. The zero-order valence-electron chi connectivity index (χ0n) is 19.7. The highest BCUT2D eigenvalue weighted by molar-refractivity contribution is 5.92. The lowest BCUT2D eigenvalue weighted by Gasteiger charge is -2.36. The number of likely N-dealkylation sites (tertiary alicyclic amines) is 1. The van der Waals surface area contributed by atoms with E-state index in [0.717, 1.165) is 0 Å². The van der Waals surface area contributed by atoms with Gasteiger partial charge in [-0.05, 0) is 11.1 Å². The van der Waals surface area contributed by atoms with Crippen LogP contribution in [-0.2, 0) is 9.59 Å². The van der Waals surface area contributed by atoms with Gasteiger partial charge in [0.05, 0.1) is 24.3 Å². The fourth-order valence-corrected chi connectivity index (χ4v) is 4.37. The van der Waals surface area contributed by atoms with Gasteiger partial charge in [-0.15, -0.1) is 0 Å². The van der Waals surface area contributed by atoms with Crippen LogP contribution in [0.4, 0.5) is 13.2 Å². The number of aliphatic hydroxyl groups excluding tert-OH is 2. The number of amides is 2. The van der Waals surface area contributed by atoms with E-state index >= 15 is 0 Å². The maximum absolute atomic E-state index is 14.1. The van der Waals surface area contributed by atoms with Crippen molar-refractivity contribution in [3.05, 3.63) is 64.7 Å². The number of hydrogen-bond acceptors (Lipinski definition) is 4. The van der Waals surface area contributed by atoms with Gasteiger partial charge in [0.1, 0.15) is 23.5 Å². The van der Waals surface area contributed by atoms with E-state index in [0.29, 0.717) is 17.7 Å². The first-order valence-corrected chi connectivity index (χ1v) is 11.3. The molecule has 0 radical (unpaired) electrons. The SMILES string of the molecule is C[N-][C@H](C(=O)N1C[C@H](O)C[C@H]1C(=O)N[C@@H](CO)c1ccc(-c2c(F)cc(F)cc2F)cc1)C(C)C. The number of rotatable bonds is 8. The Labute approximate surface area is 201 Å². The zero-order chi connectivity index (χ0) is 25.9. The summed E-state index contributed by atoms with van der Waals surface area (Å²) in [6.45, 7) is 3.20. The quantitative estimate of drug-likeness (QED) is 0.527. The Bertz CT molecular complexity index is 1040. The number of carbonyl (C=O) groups is 2. The summed E-state index contributed by atoms with van der Waals surface area (Å²) >= 11 is 0. The van der Waals surface area contributed by atoms with Crippen LogP contribution < -0.4 is 5.32 Å². The molecule has 0 spiro atoms. The van der Waals surface area contributed by atoms with Gasteiger partial charge in [0.25, 0.3) is 0 Å². The Morgan fingerprint density at radius 1 is 1.14 bits per heavy atom. The summed E-state index contributed by atoms with van der Waals surface area (Å²) in [4.78, 5) is 27.3. The van der Waals surface area contributed by atoms with Gasteiger partial charge >= 0.3 is 0 Å². The smallest absolute Gasteiger partial charge is 0.243 e. The molecule has 2 amide bonds. The molecule has 0 saturated carbocycles. The fraction of sp³-hybridized carbons (Fsp3) is 0.440. The van der Waals surface area contributed by atoms with Crippen LogP contribution in [-0.4, -0.2) is 65.3 Å². The Morgan fingerprint density at radius 2 is 1.74 bits per heavy atom. The van der Waals surface area contributed by atoms with Gasteiger partial charge in [-0.25, -0.2) is 13.2 Å². The molecule has 4 atom stereocenters. The van der Waals surface area contributed by atoms with Gasteiger partial charge in [-0.3, -0.25) is 9.59 Å². The molecular formula is C25H29F3N3O4-. The molecular weight excluding hydrogens is 463 g/mol. The van der Waals surface area contributed by atoms with Gasteiger partial charge in [0.2, 0.25) is 11.8 Å². The standard InChI is InChI=1S/C25H29F3N3O4/c1-13(2)23(29-3)25(35)31-11-17(33)10-21(31)24(34)30-20(12-32)14-4-6-15(7-5-14)22-18(27)8-16(26)9-19(22)28/h4-9,13,17,20-21,23,32-33H,10-12H2,1-3H3,(H,30,34)/q-1/t17-,20+,21+,23+/m1/s1. The number of aliphatic hydroxyl groups is 2. The van der Waals surface area contributed by atoms with Crippen molar-refractivity contribution in [2.45, 2.75) is 44.5 Å². The molecule has 0 aliphatic carbocycles. The maximum atomic E-state index is 14.1. The number of hydrogen-bond donors (Lipinski definition) is 3. The van der Waals surface area contributed by atoms with Crippen LogP contribution in [0.3, 0.4) is 0 Å². The van der Waals surface area contributed by atoms with E-state index < -0.39 is 59.8 Å². The first kappa shape index (κ1) is 26.7. The summed E-state index contributed by atoms with van der Waals surface area (Å²) in [5.41, 5.74) is 0.218. The molecule has 0 aromatic heterocycles. The highest BCUT2D eigenvalue weighted by Gasteiger charge is 2.40. The largest absolute Gasteiger partial charge is 0.654 e. The maximum Gasteiger partial charge on any atom is 0.243 e. The first-order valence-electron chi connectivity index (χ1n) is 11.3. The fourth-order valence-electron chi connectivity index (χ4n) is 4.37. The van der Waals surface area contributed by atoms with Gasteiger partial charge in [-0.1, -0.05) is 50.1 Å². The van der Waals surface area contributed by atoms with Gasteiger partial charge < -0.3 is 25.7 Å². The molecule has 1 fully saturated rings. The minimum absolute atomic E-state index is 0.00292. The summed E-state index contributed by atoms with van der Waals surface area (Å²) in [5.74, 6) is -4.12. The van der Waals surface area contributed by atoms with Gasteiger partial charge in [0, 0.05) is 25.1 Å². The van der Waals surface area contributed by atoms with Crippen LogP contribution in [0.5, 0.6) is 0 Å². The van der Waals surface area contributed by atoms with Crippen molar-refractivity contribution < 1.29 is 33.0 Å². The molecule has 2 aromatic carbocycles. The van der Waals surface area contributed by atoms with Crippen LogP contribution in [0.15, 0.2) is 36.4 Å². The molecule has 7 nitrogen and oxygen atoms in total. The van der Waals surface area contributed by atoms with Crippen molar-refractivity contribution >= 4 is 11.8 Å². The summed E-state index contributed by atoms with van der Waals surface area (Å²) in [6, 6.07) is 4.48. The number of nitrogens with zero attached hydrogens (tertiary/aromatic N) is 2. The second kappa shape index (κ2) is 11.2. The van der Waals surface area contributed by atoms with Crippen LogP contribution in [0.2, 0.25) is 0 Å². The van der Waals surface area contributed by atoms with E-state index in [1.807, 2.05) is 13.8 Å². The lowest BCUT2D eigenvalue weighted by atomic mass is 9.99. The van der Waals surface area contributed by atoms with Crippen molar-refractivity contribution in [2.24, 2.45) is 5.92 Å². The molecule has 1 aliphatic rings. The highest BCUT2D eigenvalue weighted by Crippen LogP contribution is 2.29.